The largest absolute Gasteiger partial charge is 0.262 e. The van der Waals surface area contributed by atoms with Gasteiger partial charge in [-0.2, -0.15) is 0 Å². The van der Waals surface area contributed by atoms with Crippen LogP contribution in [0.5, 0.6) is 0 Å². The van der Waals surface area contributed by atoms with Crippen molar-refractivity contribution < 1.29 is 0 Å². The smallest absolute Gasteiger partial charge is 0.0451 e. The maximum atomic E-state index is 3.72. The van der Waals surface area contributed by atoms with Gasteiger partial charge in [-0.1, -0.05) is 53.2 Å². The molecule has 0 saturated heterocycles. The number of hydrogen-bond donors (Lipinski definition) is 0. The maximum absolute atomic E-state index is 3.72. The van der Waals surface area contributed by atoms with Gasteiger partial charge in [-0.25, -0.2) is 0 Å². The predicted molar refractivity (Wildman–Crippen MR) is 117 cm³/mol. The molecule has 4 aromatic rings. The third kappa shape index (κ3) is 3.49. The van der Waals surface area contributed by atoms with E-state index in [1.165, 1.54) is 50.8 Å². The first kappa shape index (κ1) is 18.1. The molecule has 136 valence electrons. The van der Waals surface area contributed by atoms with Crippen LogP contribution in [0.25, 0.3) is 21.5 Å². The van der Waals surface area contributed by atoms with Gasteiger partial charge in [-0.05, 0) is 76.4 Å². The van der Waals surface area contributed by atoms with Gasteiger partial charge in [0.1, 0.15) is 0 Å². The molecule has 1 aliphatic carbocycles. The zero-order valence-electron chi connectivity index (χ0n) is 15.7. The van der Waals surface area contributed by atoms with Crippen LogP contribution in [0.4, 0.5) is 0 Å². The zero-order chi connectivity index (χ0) is 18.8. The molecule has 1 unspecified atom stereocenters. The van der Waals surface area contributed by atoms with E-state index >= 15 is 0 Å². The molecule has 1 aromatic heterocycles. The van der Waals surface area contributed by atoms with E-state index in [9.17, 15) is 0 Å². The van der Waals surface area contributed by atoms with E-state index in [1.54, 1.807) is 35.9 Å². The molecule has 2 nitrogen and oxygen atoms in total. The Morgan fingerprint density at radius 1 is 0.926 bits per heavy atom. The Kier molecular flexibility index (Phi) is 5.22. The second-order valence-corrected chi connectivity index (χ2v) is 8.13. The van der Waals surface area contributed by atoms with E-state index < -0.39 is 0 Å². The summed E-state index contributed by atoms with van der Waals surface area (Å²) in [6, 6.07) is 13.7. The summed E-state index contributed by atoms with van der Waals surface area (Å²) in [5.41, 5.74) is 4.54. The molecular formula is C24H23BrN2. The number of rotatable bonds is 0. The minimum absolute atomic E-state index is 0.682. The lowest BCUT2D eigenvalue weighted by Gasteiger charge is -2.25. The lowest BCUT2D eigenvalue weighted by Crippen LogP contribution is -2.07. The number of hydrogen-bond acceptors (Lipinski definition) is 2. The van der Waals surface area contributed by atoms with Crippen molar-refractivity contribution in [1.82, 2.24) is 9.97 Å². The standard InChI is InChI=1S/C20H19Br.C4H4N2/c1-12-5-3-6-14-9-10-15-16-7-4-8-18(21)20(16)13(2)11-17(15)19(12)14;1-2-6-4-3-5-1/h4,7-12H,3,5-6H2,1-2H3;1-4H. The van der Waals surface area contributed by atoms with Gasteiger partial charge >= 0.3 is 0 Å². The van der Waals surface area contributed by atoms with Crippen LogP contribution >= 0.6 is 15.9 Å². The van der Waals surface area contributed by atoms with Crippen LogP contribution in [0.2, 0.25) is 0 Å². The number of benzene rings is 3. The molecule has 1 atom stereocenters. The SMILES string of the molecule is Cc1cc2c3c(ccc2c2cccc(Br)c12)CCCC3C.c1cnccn1. The van der Waals surface area contributed by atoms with Gasteiger partial charge < -0.3 is 0 Å². The van der Waals surface area contributed by atoms with Gasteiger partial charge in [0.25, 0.3) is 0 Å². The molecule has 27 heavy (non-hydrogen) atoms. The molecule has 0 spiro atoms. The zero-order valence-corrected chi connectivity index (χ0v) is 17.3. The Balaban J connectivity index is 0.000000257. The molecule has 0 saturated carbocycles. The number of nitrogens with zero attached hydrogens (tertiary/aromatic N) is 2. The quantitative estimate of drug-likeness (QED) is 0.287. The van der Waals surface area contributed by atoms with Crippen molar-refractivity contribution in [3.05, 3.63) is 82.3 Å². The fraction of sp³-hybridized carbons (Fsp3) is 0.250. The lowest BCUT2D eigenvalue weighted by atomic mass is 9.80. The number of aryl methyl sites for hydroxylation is 2. The van der Waals surface area contributed by atoms with Gasteiger partial charge in [0.05, 0.1) is 0 Å². The highest BCUT2D eigenvalue weighted by Gasteiger charge is 2.20. The molecule has 0 N–H and O–H groups in total. The van der Waals surface area contributed by atoms with Gasteiger partial charge in [0.15, 0.2) is 0 Å². The number of aromatic nitrogens is 2. The van der Waals surface area contributed by atoms with E-state index in [0.29, 0.717) is 5.92 Å². The van der Waals surface area contributed by atoms with E-state index in [4.69, 9.17) is 0 Å². The molecule has 0 fully saturated rings. The Hall–Kier alpha value is -2.26. The first-order valence-electron chi connectivity index (χ1n) is 9.50. The third-order valence-electron chi connectivity index (χ3n) is 5.49. The highest BCUT2D eigenvalue weighted by Crippen LogP contribution is 2.41. The summed E-state index contributed by atoms with van der Waals surface area (Å²) in [5, 5.41) is 5.61. The van der Waals surface area contributed by atoms with Gasteiger partial charge in [-0.3, -0.25) is 9.97 Å². The fourth-order valence-electron chi connectivity index (χ4n) is 4.31. The number of halogens is 1. The van der Waals surface area contributed by atoms with Crippen LogP contribution in [0.1, 0.15) is 42.4 Å². The van der Waals surface area contributed by atoms with E-state index in [-0.39, 0.29) is 0 Å². The average Bonchev–Trinajstić information content (AvgIpc) is 2.70. The summed E-state index contributed by atoms with van der Waals surface area (Å²) in [4.78, 5) is 7.44. The molecular weight excluding hydrogens is 396 g/mol. The van der Waals surface area contributed by atoms with E-state index in [0.717, 1.165) is 0 Å². The molecule has 5 rings (SSSR count). The summed E-state index contributed by atoms with van der Waals surface area (Å²) in [5.74, 6) is 0.682. The van der Waals surface area contributed by atoms with Crippen molar-refractivity contribution in [1.29, 1.82) is 0 Å². The maximum Gasteiger partial charge on any atom is 0.0451 e. The average molecular weight is 419 g/mol. The lowest BCUT2D eigenvalue weighted by molar-refractivity contribution is 0.595. The Morgan fingerprint density at radius 2 is 1.67 bits per heavy atom. The molecule has 3 aromatic carbocycles. The van der Waals surface area contributed by atoms with Crippen LogP contribution in [0.3, 0.4) is 0 Å². The molecule has 3 heteroatoms. The fourth-order valence-corrected chi connectivity index (χ4v) is 4.99. The minimum atomic E-state index is 0.682. The van der Waals surface area contributed by atoms with Crippen LogP contribution in [-0.2, 0) is 6.42 Å². The molecule has 0 bridgehead atoms. The van der Waals surface area contributed by atoms with Crippen molar-refractivity contribution in [2.75, 3.05) is 0 Å². The Bertz CT molecular complexity index is 1060. The van der Waals surface area contributed by atoms with Crippen molar-refractivity contribution in [3.63, 3.8) is 0 Å². The van der Waals surface area contributed by atoms with Gasteiger partial charge in [0.2, 0.25) is 0 Å². The monoisotopic (exact) mass is 418 g/mol. The van der Waals surface area contributed by atoms with Crippen molar-refractivity contribution in [3.8, 4) is 0 Å². The summed E-state index contributed by atoms with van der Waals surface area (Å²) in [6.45, 7) is 4.62. The van der Waals surface area contributed by atoms with Crippen LogP contribution < -0.4 is 0 Å². The van der Waals surface area contributed by atoms with E-state index in [2.05, 4.69) is 76.1 Å². The molecule has 0 radical (unpaired) electrons. The summed E-state index contributed by atoms with van der Waals surface area (Å²) < 4.78 is 1.20. The van der Waals surface area contributed by atoms with Crippen molar-refractivity contribution >= 4 is 37.5 Å². The first-order chi connectivity index (χ1) is 13.2. The van der Waals surface area contributed by atoms with Gasteiger partial charge in [0, 0.05) is 29.3 Å². The van der Waals surface area contributed by atoms with Crippen molar-refractivity contribution in [2.24, 2.45) is 0 Å². The van der Waals surface area contributed by atoms with E-state index in [1.807, 2.05) is 0 Å². The van der Waals surface area contributed by atoms with Crippen LogP contribution in [0.15, 0.2) is 65.7 Å². The molecule has 0 amide bonds. The second-order valence-electron chi connectivity index (χ2n) is 7.28. The highest BCUT2D eigenvalue weighted by atomic mass is 79.9. The second kappa shape index (κ2) is 7.77. The third-order valence-corrected chi connectivity index (χ3v) is 6.15. The molecule has 1 heterocycles. The summed E-state index contributed by atoms with van der Waals surface area (Å²) in [6.07, 6.45) is 10.4. The minimum Gasteiger partial charge on any atom is -0.262 e. The van der Waals surface area contributed by atoms with Crippen molar-refractivity contribution in [2.45, 2.75) is 39.0 Å². The topological polar surface area (TPSA) is 25.8 Å². The van der Waals surface area contributed by atoms with Crippen LogP contribution in [-0.4, -0.2) is 9.97 Å². The number of fused-ring (bicyclic) bond motifs is 5. The highest BCUT2D eigenvalue weighted by molar-refractivity contribution is 9.10. The first-order valence-corrected chi connectivity index (χ1v) is 10.3. The summed E-state index contributed by atoms with van der Waals surface area (Å²) in [7, 11) is 0. The van der Waals surface area contributed by atoms with Gasteiger partial charge in [-0.15, -0.1) is 0 Å². The summed E-state index contributed by atoms with van der Waals surface area (Å²) >= 11 is 3.72. The Labute approximate surface area is 168 Å². The molecule has 0 aliphatic heterocycles. The normalized spacial score (nSPS) is 15.9. The Morgan fingerprint density at radius 3 is 2.37 bits per heavy atom. The predicted octanol–water partition coefficient (Wildman–Crippen LogP) is 6.98. The molecule has 1 aliphatic rings. The van der Waals surface area contributed by atoms with Crippen LogP contribution in [0, 0.1) is 6.92 Å².